The molecule has 1 aromatic carbocycles. The predicted molar refractivity (Wildman–Crippen MR) is 66.0 cm³/mol. The Labute approximate surface area is 98.2 Å². The second-order valence-corrected chi connectivity index (χ2v) is 3.53. The van der Waals surface area contributed by atoms with Crippen LogP contribution >= 0.6 is 0 Å². The SMILES string of the molecule is CC(=O)O.CC(=O)c1[nH]c2ccccc2c1N. The molecule has 0 saturated carbocycles. The lowest BCUT2D eigenvalue weighted by molar-refractivity contribution is -0.134. The smallest absolute Gasteiger partial charge is 0.300 e. The van der Waals surface area contributed by atoms with Gasteiger partial charge in [-0.1, -0.05) is 18.2 Å². The summed E-state index contributed by atoms with van der Waals surface area (Å²) < 4.78 is 0. The van der Waals surface area contributed by atoms with Crippen molar-refractivity contribution in [3.8, 4) is 0 Å². The Bertz CT molecular complexity index is 554. The Kier molecular flexibility index (Phi) is 3.87. The number of hydrogen-bond donors (Lipinski definition) is 3. The van der Waals surface area contributed by atoms with Gasteiger partial charge in [0, 0.05) is 24.8 Å². The van der Waals surface area contributed by atoms with Gasteiger partial charge in [-0.05, 0) is 6.07 Å². The number of benzene rings is 1. The minimum absolute atomic E-state index is 0.0336. The van der Waals surface area contributed by atoms with Gasteiger partial charge in [0.15, 0.2) is 5.78 Å². The highest BCUT2D eigenvalue weighted by Gasteiger charge is 2.10. The number of carbonyl (C=O) groups is 2. The van der Waals surface area contributed by atoms with Crippen LogP contribution in [0.15, 0.2) is 24.3 Å². The van der Waals surface area contributed by atoms with Crippen molar-refractivity contribution in [1.82, 2.24) is 4.98 Å². The number of ketones is 1. The third-order valence-corrected chi connectivity index (χ3v) is 2.10. The fourth-order valence-corrected chi connectivity index (χ4v) is 1.44. The first-order chi connectivity index (χ1) is 7.93. The van der Waals surface area contributed by atoms with Crippen molar-refractivity contribution < 1.29 is 14.7 Å². The Morgan fingerprint density at radius 3 is 2.24 bits per heavy atom. The van der Waals surface area contributed by atoms with Crippen LogP contribution in [0.5, 0.6) is 0 Å². The maximum Gasteiger partial charge on any atom is 0.300 e. The van der Waals surface area contributed by atoms with Crippen molar-refractivity contribution in [2.75, 3.05) is 5.73 Å². The molecule has 5 heteroatoms. The molecule has 90 valence electrons. The summed E-state index contributed by atoms with van der Waals surface area (Å²) in [6.45, 7) is 2.58. The molecular formula is C12H14N2O3. The van der Waals surface area contributed by atoms with Crippen LogP contribution < -0.4 is 5.73 Å². The van der Waals surface area contributed by atoms with Gasteiger partial charge in [-0.15, -0.1) is 0 Å². The lowest BCUT2D eigenvalue weighted by Crippen LogP contribution is -1.97. The second-order valence-electron chi connectivity index (χ2n) is 3.53. The van der Waals surface area contributed by atoms with E-state index < -0.39 is 5.97 Å². The minimum Gasteiger partial charge on any atom is -0.481 e. The highest BCUT2D eigenvalue weighted by atomic mass is 16.4. The molecule has 17 heavy (non-hydrogen) atoms. The number of rotatable bonds is 1. The number of carboxylic acid groups (broad SMARTS) is 1. The van der Waals surface area contributed by atoms with Gasteiger partial charge in [0.25, 0.3) is 5.97 Å². The fraction of sp³-hybridized carbons (Fsp3) is 0.167. The van der Waals surface area contributed by atoms with Crippen molar-refractivity contribution >= 4 is 28.3 Å². The van der Waals surface area contributed by atoms with Crippen LogP contribution in [0.3, 0.4) is 0 Å². The molecule has 0 aliphatic rings. The number of aromatic nitrogens is 1. The maximum absolute atomic E-state index is 11.1. The van der Waals surface area contributed by atoms with Gasteiger partial charge in [0.1, 0.15) is 5.69 Å². The molecule has 1 heterocycles. The number of fused-ring (bicyclic) bond motifs is 1. The Morgan fingerprint density at radius 1 is 1.24 bits per heavy atom. The number of nitrogen functional groups attached to an aromatic ring is 1. The molecule has 2 aromatic rings. The first-order valence-corrected chi connectivity index (χ1v) is 5.00. The van der Waals surface area contributed by atoms with Gasteiger partial charge in [-0.3, -0.25) is 9.59 Å². The number of para-hydroxylation sites is 1. The van der Waals surface area contributed by atoms with E-state index in [1.807, 2.05) is 24.3 Å². The van der Waals surface area contributed by atoms with Crippen LogP contribution in [-0.2, 0) is 4.79 Å². The number of Topliss-reactive ketones (excluding diaryl/α,β-unsaturated/α-hetero) is 1. The largest absolute Gasteiger partial charge is 0.481 e. The number of hydrogen-bond acceptors (Lipinski definition) is 3. The number of aromatic amines is 1. The van der Waals surface area contributed by atoms with Crippen LogP contribution in [-0.4, -0.2) is 21.8 Å². The molecule has 0 radical (unpaired) electrons. The quantitative estimate of drug-likeness (QED) is 0.658. The van der Waals surface area contributed by atoms with Crippen molar-refractivity contribution in [2.24, 2.45) is 0 Å². The van der Waals surface area contributed by atoms with Gasteiger partial charge in [0.2, 0.25) is 0 Å². The second kappa shape index (κ2) is 5.16. The zero-order valence-electron chi connectivity index (χ0n) is 9.65. The van der Waals surface area contributed by atoms with Gasteiger partial charge in [0.05, 0.1) is 5.69 Å². The predicted octanol–water partition coefficient (Wildman–Crippen LogP) is 2.04. The minimum atomic E-state index is -0.833. The van der Waals surface area contributed by atoms with E-state index >= 15 is 0 Å². The zero-order valence-corrected chi connectivity index (χ0v) is 9.65. The third-order valence-electron chi connectivity index (χ3n) is 2.10. The summed E-state index contributed by atoms with van der Waals surface area (Å²) in [5.41, 5.74) is 7.74. The first-order valence-electron chi connectivity index (χ1n) is 5.00. The highest BCUT2D eigenvalue weighted by molar-refractivity contribution is 6.07. The average Bonchev–Trinajstić information content (AvgIpc) is 2.56. The number of H-pyrrole nitrogens is 1. The number of nitrogens with one attached hydrogen (secondary N) is 1. The molecular weight excluding hydrogens is 220 g/mol. The molecule has 0 aliphatic heterocycles. The molecule has 0 amide bonds. The van der Waals surface area contributed by atoms with E-state index in [4.69, 9.17) is 15.6 Å². The summed E-state index contributed by atoms with van der Waals surface area (Å²) in [4.78, 5) is 23.1. The van der Waals surface area contributed by atoms with Crippen molar-refractivity contribution in [3.63, 3.8) is 0 Å². The number of aliphatic carboxylic acids is 1. The molecule has 0 fully saturated rings. The number of carbonyl (C=O) groups excluding carboxylic acids is 1. The Morgan fingerprint density at radius 2 is 1.76 bits per heavy atom. The molecule has 0 spiro atoms. The normalized spacial score (nSPS) is 9.53. The summed E-state index contributed by atoms with van der Waals surface area (Å²) in [7, 11) is 0. The van der Waals surface area contributed by atoms with Crippen LogP contribution in [0, 0.1) is 0 Å². The molecule has 2 rings (SSSR count). The number of carboxylic acids is 1. The number of anilines is 1. The molecule has 0 bridgehead atoms. The van der Waals surface area contributed by atoms with Gasteiger partial charge >= 0.3 is 0 Å². The molecule has 5 nitrogen and oxygen atoms in total. The molecule has 0 atom stereocenters. The Balaban J connectivity index is 0.000000317. The van der Waals surface area contributed by atoms with E-state index in [0.29, 0.717) is 11.4 Å². The first kappa shape index (κ1) is 12.8. The Hall–Kier alpha value is -2.30. The van der Waals surface area contributed by atoms with Crippen molar-refractivity contribution in [2.45, 2.75) is 13.8 Å². The van der Waals surface area contributed by atoms with E-state index in [2.05, 4.69) is 4.98 Å². The van der Waals surface area contributed by atoms with Crippen LogP contribution in [0.1, 0.15) is 24.3 Å². The summed E-state index contributed by atoms with van der Waals surface area (Å²) in [5.74, 6) is -0.867. The summed E-state index contributed by atoms with van der Waals surface area (Å²) in [6.07, 6.45) is 0. The topological polar surface area (TPSA) is 96.2 Å². The van der Waals surface area contributed by atoms with Gasteiger partial charge in [-0.25, -0.2) is 0 Å². The molecule has 1 aromatic heterocycles. The van der Waals surface area contributed by atoms with Crippen LogP contribution in [0.25, 0.3) is 10.9 Å². The lowest BCUT2D eigenvalue weighted by atomic mass is 10.2. The highest BCUT2D eigenvalue weighted by Crippen LogP contribution is 2.24. The summed E-state index contributed by atoms with van der Waals surface area (Å²) in [5, 5.41) is 8.33. The molecule has 0 aliphatic carbocycles. The van der Waals surface area contributed by atoms with Crippen LogP contribution in [0.4, 0.5) is 5.69 Å². The summed E-state index contributed by atoms with van der Waals surface area (Å²) >= 11 is 0. The van der Waals surface area contributed by atoms with E-state index in [1.165, 1.54) is 6.92 Å². The van der Waals surface area contributed by atoms with Crippen LogP contribution in [0.2, 0.25) is 0 Å². The van der Waals surface area contributed by atoms with E-state index in [0.717, 1.165) is 17.8 Å². The van der Waals surface area contributed by atoms with Crippen molar-refractivity contribution in [3.05, 3.63) is 30.0 Å². The van der Waals surface area contributed by atoms with Gasteiger partial charge in [-0.2, -0.15) is 0 Å². The number of nitrogens with two attached hydrogens (primary N) is 1. The van der Waals surface area contributed by atoms with Crippen molar-refractivity contribution in [1.29, 1.82) is 0 Å². The molecule has 0 saturated heterocycles. The van der Waals surface area contributed by atoms with E-state index in [1.54, 1.807) is 0 Å². The molecule has 4 N–H and O–H groups in total. The zero-order chi connectivity index (χ0) is 13.0. The third kappa shape index (κ3) is 3.07. The fourth-order valence-electron chi connectivity index (χ4n) is 1.44. The average molecular weight is 234 g/mol. The maximum atomic E-state index is 11.1. The molecule has 0 unspecified atom stereocenters. The van der Waals surface area contributed by atoms with E-state index in [9.17, 15) is 4.79 Å². The lowest BCUT2D eigenvalue weighted by Gasteiger charge is -1.91. The van der Waals surface area contributed by atoms with Gasteiger partial charge < -0.3 is 15.8 Å². The summed E-state index contributed by atoms with van der Waals surface area (Å²) in [6, 6.07) is 7.60. The van der Waals surface area contributed by atoms with E-state index in [-0.39, 0.29) is 5.78 Å². The standard InChI is InChI=1S/C10H10N2O.C2H4O2/c1-6(13)10-9(11)7-4-2-3-5-8(7)12-10;1-2(3)4/h2-5,12H,11H2,1H3;1H3,(H,3,4). The monoisotopic (exact) mass is 234 g/mol.